The van der Waals surface area contributed by atoms with E-state index in [1.54, 1.807) is 29.2 Å². The van der Waals surface area contributed by atoms with E-state index in [1.165, 1.54) is 26.3 Å². The molecular formula is C26H31N5O4. The molecule has 9 nitrogen and oxygen atoms in total. The second kappa shape index (κ2) is 8.17. The molecule has 184 valence electrons. The lowest BCUT2D eigenvalue weighted by Gasteiger charge is -2.56. The zero-order valence-corrected chi connectivity index (χ0v) is 20.0. The van der Waals surface area contributed by atoms with Gasteiger partial charge in [0.15, 0.2) is 5.69 Å². The summed E-state index contributed by atoms with van der Waals surface area (Å²) in [5, 5.41) is 4.90. The van der Waals surface area contributed by atoms with Crippen molar-refractivity contribution in [1.29, 1.82) is 0 Å². The SMILES string of the molecule is Cn1nc(C(=O)NNC(=O)[C@H]2CCCN2C(=O)C23CC4CC(CC(C4)C2)C3)c2ccccc2c1=O. The molecule has 4 bridgehead atoms. The Balaban J connectivity index is 1.16. The maximum Gasteiger partial charge on any atom is 0.290 e. The molecular weight excluding hydrogens is 446 g/mol. The van der Waals surface area contributed by atoms with Crippen molar-refractivity contribution in [3.8, 4) is 0 Å². The number of benzene rings is 1. The number of nitrogens with one attached hydrogen (secondary N) is 2. The molecule has 35 heavy (non-hydrogen) atoms. The van der Waals surface area contributed by atoms with Crippen LogP contribution in [0.2, 0.25) is 0 Å². The third-order valence-corrected chi connectivity index (χ3v) is 8.78. The molecule has 9 heteroatoms. The second-order valence-electron chi connectivity index (χ2n) is 11.1. The lowest BCUT2D eigenvalue weighted by molar-refractivity contribution is -0.160. The minimum absolute atomic E-state index is 0.0518. The van der Waals surface area contributed by atoms with Gasteiger partial charge in [0.25, 0.3) is 17.4 Å². The van der Waals surface area contributed by atoms with E-state index >= 15 is 0 Å². The van der Waals surface area contributed by atoms with Crippen LogP contribution in [-0.4, -0.2) is 45.0 Å². The van der Waals surface area contributed by atoms with Gasteiger partial charge in [0.05, 0.1) is 10.8 Å². The maximum absolute atomic E-state index is 13.8. The Hall–Kier alpha value is -3.23. The van der Waals surface area contributed by atoms with E-state index in [-0.39, 0.29) is 28.5 Å². The lowest BCUT2D eigenvalue weighted by atomic mass is 9.49. The first kappa shape index (κ1) is 22.2. The van der Waals surface area contributed by atoms with Gasteiger partial charge in [-0.3, -0.25) is 30.0 Å². The van der Waals surface area contributed by atoms with Crippen molar-refractivity contribution in [1.82, 2.24) is 25.5 Å². The van der Waals surface area contributed by atoms with Gasteiger partial charge < -0.3 is 4.90 Å². The number of hydrazine groups is 1. The Labute approximate surface area is 203 Å². The molecule has 4 saturated carbocycles. The van der Waals surface area contributed by atoms with Crippen LogP contribution in [-0.2, 0) is 16.6 Å². The Morgan fingerprint density at radius 2 is 1.60 bits per heavy atom. The molecule has 0 unspecified atom stereocenters. The fourth-order valence-corrected chi connectivity index (χ4v) is 7.69. The van der Waals surface area contributed by atoms with Crippen molar-refractivity contribution in [3.05, 3.63) is 40.3 Å². The summed E-state index contributed by atoms with van der Waals surface area (Å²) in [4.78, 5) is 53.9. The largest absolute Gasteiger partial charge is 0.330 e. The number of aryl methyl sites for hydroxylation is 1. The van der Waals surface area contributed by atoms with E-state index in [1.807, 2.05) is 0 Å². The predicted molar refractivity (Wildman–Crippen MR) is 128 cm³/mol. The second-order valence-corrected chi connectivity index (χ2v) is 11.1. The molecule has 4 aliphatic carbocycles. The third kappa shape index (κ3) is 3.63. The van der Waals surface area contributed by atoms with Crippen molar-refractivity contribution in [3.63, 3.8) is 0 Å². The normalized spacial score (nSPS) is 31.1. The van der Waals surface area contributed by atoms with Crippen molar-refractivity contribution in [2.24, 2.45) is 30.2 Å². The Kier molecular flexibility index (Phi) is 5.19. The molecule has 1 aliphatic heterocycles. The number of carbonyl (C=O) groups is 3. The van der Waals surface area contributed by atoms with Crippen molar-refractivity contribution in [2.75, 3.05) is 6.54 Å². The molecule has 5 fully saturated rings. The molecule has 1 aromatic heterocycles. The molecule has 2 heterocycles. The van der Waals surface area contributed by atoms with Crippen LogP contribution < -0.4 is 16.4 Å². The predicted octanol–water partition coefficient (Wildman–Crippen LogP) is 1.90. The number of hydrogen-bond donors (Lipinski definition) is 2. The number of rotatable bonds is 3. The number of hydrogen-bond acceptors (Lipinski definition) is 5. The molecule has 2 aromatic rings. The monoisotopic (exact) mass is 477 g/mol. The minimum Gasteiger partial charge on any atom is -0.330 e. The van der Waals surface area contributed by atoms with Crippen LogP contribution in [0.5, 0.6) is 0 Å². The summed E-state index contributed by atoms with van der Waals surface area (Å²) in [5.74, 6) is 1.12. The summed E-state index contributed by atoms with van der Waals surface area (Å²) in [6, 6.07) is 6.17. The van der Waals surface area contributed by atoms with Gasteiger partial charge in [-0.15, -0.1) is 0 Å². The highest BCUT2D eigenvalue weighted by Crippen LogP contribution is 2.60. The van der Waals surface area contributed by atoms with E-state index in [0.29, 0.717) is 41.5 Å². The number of amides is 3. The molecule has 7 rings (SSSR count). The summed E-state index contributed by atoms with van der Waals surface area (Å²) < 4.78 is 1.11. The maximum atomic E-state index is 13.8. The van der Waals surface area contributed by atoms with Gasteiger partial charge in [0, 0.05) is 19.0 Å². The number of likely N-dealkylation sites (tertiary alicyclic amines) is 1. The van der Waals surface area contributed by atoms with E-state index in [2.05, 4.69) is 16.0 Å². The first-order chi connectivity index (χ1) is 16.8. The van der Waals surface area contributed by atoms with E-state index < -0.39 is 11.9 Å². The highest BCUT2D eigenvalue weighted by atomic mass is 16.2. The third-order valence-electron chi connectivity index (χ3n) is 8.78. The molecule has 2 N–H and O–H groups in total. The fourth-order valence-electron chi connectivity index (χ4n) is 7.69. The topological polar surface area (TPSA) is 113 Å². The van der Waals surface area contributed by atoms with Crippen molar-refractivity contribution >= 4 is 28.5 Å². The quantitative estimate of drug-likeness (QED) is 0.656. The van der Waals surface area contributed by atoms with E-state index in [9.17, 15) is 19.2 Å². The van der Waals surface area contributed by atoms with Crippen LogP contribution in [0.15, 0.2) is 29.1 Å². The average molecular weight is 478 g/mol. The van der Waals surface area contributed by atoms with Crippen LogP contribution in [0, 0.1) is 23.2 Å². The van der Waals surface area contributed by atoms with Crippen LogP contribution in [0.25, 0.3) is 10.8 Å². The number of aromatic nitrogens is 2. The minimum atomic E-state index is -0.609. The summed E-state index contributed by atoms with van der Waals surface area (Å²) in [7, 11) is 1.48. The van der Waals surface area contributed by atoms with Gasteiger partial charge in [0.2, 0.25) is 5.91 Å². The highest BCUT2D eigenvalue weighted by Gasteiger charge is 2.56. The van der Waals surface area contributed by atoms with Crippen LogP contribution in [0.3, 0.4) is 0 Å². The molecule has 0 spiro atoms. The van der Waals surface area contributed by atoms with Gasteiger partial charge >= 0.3 is 0 Å². The Morgan fingerprint density at radius 3 is 2.26 bits per heavy atom. The molecule has 5 aliphatic rings. The van der Waals surface area contributed by atoms with Gasteiger partial charge in [-0.25, -0.2) is 4.68 Å². The van der Waals surface area contributed by atoms with Crippen LogP contribution in [0.4, 0.5) is 0 Å². The summed E-state index contributed by atoms with van der Waals surface area (Å²) in [6.07, 6.45) is 8.03. The highest BCUT2D eigenvalue weighted by molar-refractivity contribution is 6.05. The van der Waals surface area contributed by atoms with Gasteiger partial charge in [0.1, 0.15) is 6.04 Å². The summed E-state index contributed by atoms with van der Waals surface area (Å²) >= 11 is 0. The summed E-state index contributed by atoms with van der Waals surface area (Å²) in [6.45, 7) is 0.583. The number of fused-ring (bicyclic) bond motifs is 1. The first-order valence-electron chi connectivity index (χ1n) is 12.7. The van der Waals surface area contributed by atoms with Crippen LogP contribution in [0.1, 0.15) is 61.9 Å². The van der Waals surface area contributed by atoms with Gasteiger partial charge in [-0.05, 0) is 75.2 Å². The Morgan fingerprint density at radius 1 is 0.971 bits per heavy atom. The number of carbonyl (C=O) groups excluding carboxylic acids is 3. The van der Waals surface area contributed by atoms with Crippen LogP contribution >= 0.6 is 0 Å². The zero-order valence-electron chi connectivity index (χ0n) is 20.0. The van der Waals surface area contributed by atoms with Gasteiger partial charge in [-0.1, -0.05) is 18.2 Å². The molecule has 1 aromatic carbocycles. The van der Waals surface area contributed by atoms with E-state index in [4.69, 9.17) is 0 Å². The fraction of sp³-hybridized carbons (Fsp3) is 0.577. The van der Waals surface area contributed by atoms with E-state index in [0.717, 1.165) is 30.4 Å². The molecule has 3 amide bonds. The molecule has 1 atom stereocenters. The zero-order chi connectivity index (χ0) is 24.3. The van der Waals surface area contributed by atoms with Gasteiger partial charge in [-0.2, -0.15) is 5.10 Å². The smallest absolute Gasteiger partial charge is 0.290 e. The lowest BCUT2D eigenvalue weighted by Crippen LogP contribution is -2.58. The standard InChI is InChI=1S/C26H31N5O4/c1-30-24(34)19-6-3-2-5-18(19)21(29-30)23(33)28-27-22(32)20-7-4-8-31(20)25(35)26-12-15-9-16(13-26)11-17(10-15)14-26/h2-3,5-6,15-17,20H,4,7-14H2,1H3,(H,27,32)(H,28,33)/t15?,16?,17?,20-,26?/m1/s1. The molecule has 0 radical (unpaired) electrons. The molecule has 1 saturated heterocycles. The first-order valence-corrected chi connectivity index (χ1v) is 12.7. The number of nitrogens with zero attached hydrogens (tertiary/aromatic N) is 3. The summed E-state index contributed by atoms with van der Waals surface area (Å²) in [5.41, 5.74) is 4.43. The Bertz CT molecular complexity index is 1250. The van der Waals surface area contributed by atoms with Crippen molar-refractivity contribution in [2.45, 2.75) is 57.4 Å². The average Bonchev–Trinajstić information content (AvgIpc) is 3.33. The van der Waals surface area contributed by atoms with Crippen molar-refractivity contribution < 1.29 is 14.4 Å².